The third-order valence-electron chi connectivity index (χ3n) is 3.64. The van der Waals surface area contributed by atoms with Crippen LogP contribution in [-0.2, 0) is 16.8 Å². The van der Waals surface area contributed by atoms with Crippen LogP contribution in [0.5, 0.6) is 0 Å². The first-order chi connectivity index (χ1) is 9.81. The molecule has 0 aliphatic rings. The zero-order valence-electron chi connectivity index (χ0n) is 17.7. The van der Waals surface area contributed by atoms with Gasteiger partial charge in [-0.25, -0.2) is 0 Å². The first kappa shape index (κ1) is 28.8. The zero-order chi connectivity index (χ0) is 18.0. The maximum absolute atomic E-state index is 4.95. The molecule has 0 radical (unpaired) electrons. The van der Waals surface area contributed by atoms with Crippen LogP contribution >= 0.6 is 0 Å². The minimum Gasteiger partial charge on any atom is -0.668 e. The van der Waals surface area contributed by atoms with E-state index in [1.54, 1.807) is 0 Å². The van der Waals surface area contributed by atoms with Crippen molar-refractivity contribution in [2.45, 2.75) is 78.2 Å². The number of rotatable bonds is 9. The van der Waals surface area contributed by atoms with Crippen LogP contribution in [-0.4, -0.2) is 56.8 Å². The van der Waals surface area contributed by atoms with Crippen molar-refractivity contribution >= 4 is 24.7 Å². The second-order valence-electron chi connectivity index (χ2n) is 8.42. The summed E-state index contributed by atoms with van der Waals surface area (Å²) in [5.41, 5.74) is 0. The smallest absolute Gasteiger partial charge is 0.668 e. The summed E-state index contributed by atoms with van der Waals surface area (Å²) in [6, 6.07) is 3.94. The largest absolute Gasteiger partial charge is 3.00 e. The molecule has 23 heavy (non-hydrogen) atoms. The molecule has 0 saturated heterocycles. The van der Waals surface area contributed by atoms with E-state index in [1.165, 1.54) is 18.1 Å². The Morgan fingerprint density at radius 3 is 1.26 bits per heavy atom. The van der Waals surface area contributed by atoms with Crippen LogP contribution < -0.4 is 0 Å². The monoisotopic (exact) mass is 420 g/mol. The molecule has 0 spiro atoms. The third-order valence-corrected chi connectivity index (χ3v) is 13.8. The van der Waals surface area contributed by atoms with E-state index in [1.807, 2.05) is 0 Å². The van der Waals surface area contributed by atoms with Crippen LogP contribution in [0.2, 0.25) is 57.4 Å². The summed E-state index contributed by atoms with van der Waals surface area (Å²) in [6.07, 6.45) is 0. The topological polar surface area (TPSA) is 31.4 Å². The van der Waals surface area contributed by atoms with E-state index >= 15 is 0 Å². The average molecular weight is 421 g/mol. The van der Waals surface area contributed by atoms with E-state index in [0.29, 0.717) is 0 Å². The standard InChI is InChI=1S/C10H25N2Si.C6H18NSi2.Co/c1-6-13(7-2,8-3)11-9-10-12(4)5;1-8(2,3)7-9(4,5)6;/h6-10H2,1-5H3;1-6H3;/q2*-1;+3. The Labute approximate surface area is 161 Å². The van der Waals surface area contributed by atoms with Gasteiger partial charge >= 0.3 is 16.8 Å². The molecule has 0 heterocycles. The fourth-order valence-corrected chi connectivity index (χ4v) is 13.4. The summed E-state index contributed by atoms with van der Waals surface area (Å²) in [7, 11) is 0.830. The zero-order valence-corrected chi connectivity index (χ0v) is 21.8. The van der Waals surface area contributed by atoms with Gasteiger partial charge in [0.15, 0.2) is 0 Å². The van der Waals surface area contributed by atoms with Gasteiger partial charge in [-0.1, -0.05) is 103 Å². The van der Waals surface area contributed by atoms with Gasteiger partial charge in [0.25, 0.3) is 0 Å². The Hall–Kier alpha value is 1.04. The van der Waals surface area contributed by atoms with Crippen molar-refractivity contribution in [2.75, 3.05) is 27.2 Å². The maximum atomic E-state index is 4.95. The molecule has 0 aromatic rings. The van der Waals surface area contributed by atoms with E-state index in [-0.39, 0.29) is 16.8 Å². The van der Waals surface area contributed by atoms with Crippen molar-refractivity contribution in [3.8, 4) is 0 Å². The van der Waals surface area contributed by atoms with Crippen molar-refractivity contribution in [1.82, 2.24) is 4.90 Å². The third kappa shape index (κ3) is 19.2. The minimum absolute atomic E-state index is 0. The number of hydrogen-bond donors (Lipinski definition) is 0. The molecule has 0 N–H and O–H groups in total. The van der Waals surface area contributed by atoms with E-state index in [4.69, 9.17) is 9.63 Å². The predicted octanol–water partition coefficient (Wildman–Crippen LogP) is 5.95. The average Bonchev–Trinajstić information content (AvgIpc) is 2.31. The summed E-state index contributed by atoms with van der Waals surface area (Å²) in [5, 5.41) is 0. The molecule has 0 unspecified atom stereocenters. The van der Waals surface area contributed by atoms with Crippen LogP contribution in [0.1, 0.15) is 20.8 Å². The van der Waals surface area contributed by atoms with Gasteiger partial charge in [0.1, 0.15) is 0 Å². The Morgan fingerprint density at radius 1 is 0.739 bits per heavy atom. The van der Waals surface area contributed by atoms with E-state index in [2.05, 4.69) is 79.0 Å². The Morgan fingerprint density at radius 2 is 1.09 bits per heavy atom. The summed E-state index contributed by atoms with van der Waals surface area (Å²) < 4.78 is 4.82. The molecule has 0 amide bonds. The van der Waals surface area contributed by atoms with Gasteiger partial charge in [0.2, 0.25) is 0 Å². The fraction of sp³-hybridized carbons (Fsp3) is 1.00. The number of likely N-dealkylation sites (N-methyl/N-ethyl adjacent to an activating group) is 1. The van der Waals surface area contributed by atoms with Crippen molar-refractivity contribution in [2.24, 2.45) is 0 Å². The molecule has 0 aromatic heterocycles. The molecule has 0 aliphatic carbocycles. The van der Waals surface area contributed by atoms with Crippen LogP contribution in [0, 0.1) is 0 Å². The van der Waals surface area contributed by atoms with Crippen LogP contribution in [0.15, 0.2) is 0 Å². The SMILES string of the molecule is CC[Si](CC)(CC)[N-]CCN(C)C.C[Si](C)(C)[N-][Si](C)(C)C.[Co+3]. The van der Waals surface area contributed by atoms with E-state index < -0.39 is 24.7 Å². The van der Waals surface area contributed by atoms with Crippen LogP contribution in [0.4, 0.5) is 0 Å². The van der Waals surface area contributed by atoms with Gasteiger partial charge in [-0.05, 0) is 20.6 Å². The van der Waals surface area contributed by atoms with Crippen LogP contribution in [0.25, 0.3) is 9.63 Å². The Bertz CT molecular complexity index is 252. The van der Waals surface area contributed by atoms with Crippen molar-refractivity contribution in [1.29, 1.82) is 0 Å². The molecule has 142 valence electrons. The summed E-state index contributed by atoms with van der Waals surface area (Å²) >= 11 is 0. The summed E-state index contributed by atoms with van der Waals surface area (Å²) in [4.78, 5) is 7.16. The second kappa shape index (κ2) is 13.3. The van der Waals surface area contributed by atoms with Crippen molar-refractivity contribution in [3.63, 3.8) is 0 Å². The van der Waals surface area contributed by atoms with Crippen molar-refractivity contribution in [3.05, 3.63) is 9.63 Å². The summed E-state index contributed by atoms with van der Waals surface area (Å²) in [5.74, 6) is 0. The molecule has 0 bridgehead atoms. The minimum atomic E-state index is -1.19. The molecule has 7 heteroatoms. The Balaban J connectivity index is -0.000000354. The molecule has 0 aliphatic heterocycles. The predicted molar refractivity (Wildman–Crippen MR) is 114 cm³/mol. The first-order valence-corrected chi connectivity index (χ1v) is 18.3. The number of nitrogens with zero attached hydrogens (tertiary/aromatic N) is 3. The second-order valence-corrected chi connectivity index (χ2v) is 22.9. The molecule has 3 nitrogen and oxygen atoms in total. The molecule has 0 aromatic carbocycles. The number of hydrogen-bond acceptors (Lipinski definition) is 1. The van der Waals surface area contributed by atoms with E-state index in [0.717, 1.165) is 13.1 Å². The van der Waals surface area contributed by atoms with Gasteiger partial charge in [-0.3, -0.25) is 0 Å². The maximum Gasteiger partial charge on any atom is 3.00 e. The quantitative estimate of drug-likeness (QED) is 0.424. The molecule has 0 saturated carbocycles. The molecule has 0 rings (SSSR count). The van der Waals surface area contributed by atoms with Gasteiger partial charge in [-0.15, -0.1) is 6.54 Å². The van der Waals surface area contributed by atoms with Crippen molar-refractivity contribution < 1.29 is 16.8 Å². The molecular formula is C16H43CoN3Si3+. The normalized spacial score (nSPS) is 12.5. The van der Waals surface area contributed by atoms with Gasteiger partial charge in [0, 0.05) is 0 Å². The van der Waals surface area contributed by atoms with Gasteiger partial charge in [-0.2, -0.15) is 0 Å². The Kier molecular flexibility index (Phi) is 16.6. The molecule has 0 fully saturated rings. The molecular weight excluding hydrogens is 377 g/mol. The van der Waals surface area contributed by atoms with Gasteiger partial charge in [0.05, 0.1) is 0 Å². The fourth-order valence-electron chi connectivity index (χ4n) is 2.58. The van der Waals surface area contributed by atoms with Crippen LogP contribution in [0.3, 0.4) is 0 Å². The first-order valence-electron chi connectivity index (χ1n) is 8.88. The molecule has 0 atom stereocenters. The van der Waals surface area contributed by atoms with E-state index in [9.17, 15) is 0 Å². The van der Waals surface area contributed by atoms with Gasteiger partial charge < -0.3 is 14.5 Å². The summed E-state index contributed by atoms with van der Waals surface area (Å²) in [6.45, 7) is 22.8.